The molecular weight excluding hydrogens is 412 g/mol. The molecule has 0 fully saturated rings. The van der Waals surface area contributed by atoms with Gasteiger partial charge in [-0.25, -0.2) is 4.79 Å². The van der Waals surface area contributed by atoms with Gasteiger partial charge in [-0.2, -0.15) is 4.98 Å². The highest BCUT2D eigenvalue weighted by molar-refractivity contribution is 7.99. The molecule has 0 radical (unpaired) electrons. The van der Waals surface area contributed by atoms with Crippen LogP contribution in [0.3, 0.4) is 0 Å². The number of anilines is 1. The zero-order chi connectivity index (χ0) is 20.2. The average molecular weight is 433 g/mol. The van der Waals surface area contributed by atoms with Crippen molar-refractivity contribution in [3.05, 3.63) is 34.4 Å². The third-order valence-corrected chi connectivity index (χ3v) is 6.51. The average Bonchev–Trinajstić information content (AvgIpc) is 3.45. The van der Waals surface area contributed by atoms with Crippen LogP contribution in [0.1, 0.15) is 40.6 Å². The predicted octanol–water partition coefficient (Wildman–Crippen LogP) is 3.91. The molecule has 0 unspecified atom stereocenters. The second kappa shape index (κ2) is 8.83. The number of rotatable bonds is 7. The van der Waals surface area contributed by atoms with E-state index in [1.165, 1.54) is 28.0 Å². The van der Waals surface area contributed by atoms with Gasteiger partial charge >= 0.3 is 5.97 Å². The lowest BCUT2D eigenvalue weighted by Gasteiger charge is -2.12. The van der Waals surface area contributed by atoms with Crippen LogP contribution in [-0.4, -0.2) is 39.4 Å². The SMILES string of the molecule is CCOC(=O)c1c(NC(=O)CSc2n[nH]c(-c3ccco3)n2)sc2c1CCCC2. The molecule has 152 valence electrons. The molecule has 8 nitrogen and oxygen atoms in total. The van der Waals surface area contributed by atoms with Crippen LogP contribution in [-0.2, 0) is 22.4 Å². The fourth-order valence-electron chi connectivity index (χ4n) is 3.20. The van der Waals surface area contributed by atoms with Gasteiger partial charge < -0.3 is 14.5 Å². The highest BCUT2D eigenvalue weighted by Crippen LogP contribution is 2.38. The number of thioether (sulfide) groups is 1. The largest absolute Gasteiger partial charge is 0.462 e. The van der Waals surface area contributed by atoms with Gasteiger partial charge in [-0.3, -0.25) is 9.89 Å². The number of carbonyl (C=O) groups is 2. The van der Waals surface area contributed by atoms with Crippen LogP contribution in [0.5, 0.6) is 0 Å². The Morgan fingerprint density at radius 1 is 1.38 bits per heavy atom. The molecule has 10 heteroatoms. The van der Waals surface area contributed by atoms with E-state index in [0.717, 1.165) is 31.2 Å². The van der Waals surface area contributed by atoms with E-state index in [9.17, 15) is 9.59 Å². The van der Waals surface area contributed by atoms with Crippen LogP contribution in [0.4, 0.5) is 5.00 Å². The first kappa shape index (κ1) is 19.7. The summed E-state index contributed by atoms with van der Waals surface area (Å²) in [5.41, 5.74) is 1.54. The van der Waals surface area contributed by atoms with E-state index in [2.05, 4.69) is 20.5 Å². The molecule has 0 aliphatic heterocycles. The van der Waals surface area contributed by atoms with Crippen molar-refractivity contribution in [2.45, 2.75) is 37.8 Å². The maximum Gasteiger partial charge on any atom is 0.341 e. The number of ether oxygens (including phenoxy) is 1. The van der Waals surface area contributed by atoms with Crippen molar-refractivity contribution in [3.63, 3.8) is 0 Å². The second-order valence-electron chi connectivity index (χ2n) is 6.42. The number of aromatic amines is 1. The number of aromatic nitrogens is 3. The molecule has 3 aromatic rings. The van der Waals surface area contributed by atoms with E-state index in [4.69, 9.17) is 9.15 Å². The standard InChI is InChI=1S/C19H20N4O4S2/c1-2-26-18(25)15-11-6-3-4-8-13(11)29-17(15)20-14(24)10-28-19-21-16(22-23-19)12-7-5-9-27-12/h5,7,9H,2-4,6,8,10H2,1H3,(H,20,24)(H,21,22,23). The highest BCUT2D eigenvalue weighted by Gasteiger charge is 2.27. The van der Waals surface area contributed by atoms with Crippen LogP contribution in [0.2, 0.25) is 0 Å². The monoisotopic (exact) mass is 432 g/mol. The lowest BCUT2D eigenvalue weighted by molar-refractivity contribution is -0.113. The van der Waals surface area contributed by atoms with E-state index >= 15 is 0 Å². The van der Waals surface area contributed by atoms with E-state index in [-0.39, 0.29) is 17.6 Å². The summed E-state index contributed by atoms with van der Waals surface area (Å²) in [5.74, 6) is 0.626. The Bertz CT molecular complexity index is 1010. The maximum atomic E-state index is 12.5. The fraction of sp³-hybridized carbons (Fsp3) is 0.368. The number of carbonyl (C=O) groups excluding carboxylic acids is 2. The van der Waals surface area contributed by atoms with Gasteiger partial charge in [0.2, 0.25) is 11.1 Å². The van der Waals surface area contributed by atoms with Gasteiger partial charge in [0.25, 0.3) is 0 Å². The van der Waals surface area contributed by atoms with Gasteiger partial charge in [-0.05, 0) is 50.3 Å². The quantitative estimate of drug-likeness (QED) is 0.430. The van der Waals surface area contributed by atoms with Crippen molar-refractivity contribution >= 4 is 40.0 Å². The van der Waals surface area contributed by atoms with Crippen molar-refractivity contribution in [2.75, 3.05) is 17.7 Å². The number of esters is 1. The van der Waals surface area contributed by atoms with Crippen LogP contribution < -0.4 is 5.32 Å². The summed E-state index contributed by atoms with van der Waals surface area (Å²) in [6, 6.07) is 3.54. The van der Waals surface area contributed by atoms with E-state index < -0.39 is 0 Å². The van der Waals surface area contributed by atoms with Crippen molar-refractivity contribution in [1.82, 2.24) is 15.2 Å². The third-order valence-electron chi connectivity index (χ3n) is 4.46. The number of hydrogen-bond donors (Lipinski definition) is 2. The maximum absolute atomic E-state index is 12.5. The summed E-state index contributed by atoms with van der Waals surface area (Å²) in [6.45, 7) is 2.08. The minimum atomic E-state index is -0.369. The lowest BCUT2D eigenvalue weighted by atomic mass is 9.95. The first-order valence-corrected chi connectivity index (χ1v) is 11.2. The molecule has 0 aromatic carbocycles. The number of fused-ring (bicyclic) bond motifs is 1. The molecule has 0 saturated carbocycles. The molecule has 1 amide bonds. The van der Waals surface area contributed by atoms with Crippen molar-refractivity contribution in [1.29, 1.82) is 0 Å². The smallest absolute Gasteiger partial charge is 0.341 e. The fourth-order valence-corrected chi connectivity index (χ4v) is 5.09. The molecule has 2 N–H and O–H groups in total. The number of nitrogens with one attached hydrogen (secondary N) is 2. The summed E-state index contributed by atoms with van der Waals surface area (Å²) in [7, 11) is 0. The molecule has 0 bridgehead atoms. The first-order valence-electron chi connectivity index (χ1n) is 9.36. The Hall–Kier alpha value is -2.59. The van der Waals surface area contributed by atoms with Gasteiger partial charge in [0.05, 0.1) is 24.2 Å². The van der Waals surface area contributed by atoms with Gasteiger partial charge in [-0.1, -0.05) is 11.8 Å². The van der Waals surface area contributed by atoms with Gasteiger partial charge in [0, 0.05) is 4.88 Å². The molecule has 0 atom stereocenters. The molecular formula is C19H20N4O4S2. The number of aryl methyl sites for hydroxylation is 1. The Labute approximate surface area is 175 Å². The minimum Gasteiger partial charge on any atom is -0.462 e. The molecule has 3 aromatic heterocycles. The molecule has 0 saturated heterocycles. The lowest BCUT2D eigenvalue weighted by Crippen LogP contribution is -2.17. The number of hydrogen-bond acceptors (Lipinski definition) is 8. The minimum absolute atomic E-state index is 0.125. The Morgan fingerprint density at radius 2 is 2.24 bits per heavy atom. The normalized spacial score (nSPS) is 13.1. The molecule has 3 heterocycles. The zero-order valence-corrected chi connectivity index (χ0v) is 17.5. The van der Waals surface area contributed by atoms with Crippen molar-refractivity contribution in [3.8, 4) is 11.6 Å². The van der Waals surface area contributed by atoms with Gasteiger partial charge in [0.15, 0.2) is 11.6 Å². The molecule has 29 heavy (non-hydrogen) atoms. The summed E-state index contributed by atoms with van der Waals surface area (Å²) in [5, 5.41) is 10.8. The number of furan rings is 1. The van der Waals surface area contributed by atoms with E-state index in [1.807, 2.05) is 0 Å². The second-order valence-corrected chi connectivity index (χ2v) is 8.46. The zero-order valence-electron chi connectivity index (χ0n) is 15.8. The van der Waals surface area contributed by atoms with E-state index in [1.54, 1.807) is 25.3 Å². The van der Waals surface area contributed by atoms with Crippen LogP contribution >= 0.6 is 23.1 Å². The van der Waals surface area contributed by atoms with E-state index in [0.29, 0.717) is 33.9 Å². The predicted molar refractivity (Wildman–Crippen MR) is 110 cm³/mol. The number of nitrogens with zero attached hydrogens (tertiary/aromatic N) is 2. The molecule has 4 rings (SSSR count). The van der Waals surface area contributed by atoms with Crippen LogP contribution in [0, 0.1) is 0 Å². The topological polar surface area (TPSA) is 110 Å². The van der Waals surface area contributed by atoms with Crippen molar-refractivity contribution < 1.29 is 18.7 Å². The summed E-state index contributed by atoms with van der Waals surface area (Å²) in [6.07, 6.45) is 5.48. The molecule has 1 aliphatic rings. The number of amides is 1. The van der Waals surface area contributed by atoms with Crippen LogP contribution in [0.15, 0.2) is 28.0 Å². The number of thiophene rings is 1. The van der Waals surface area contributed by atoms with Gasteiger partial charge in [0.1, 0.15) is 5.00 Å². The molecule has 1 aliphatic carbocycles. The first-order chi connectivity index (χ1) is 14.2. The summed E-state index contributed by atoms with van der Waals surface area (Å²) < 4.78 is 10.5. The number of H-pyrrole nitrogens is 1. The van der Waals surface area contributed by atoms with Crippen LogP contribution in [0.25, 0.3) is 11.6 Å². The Morgan fingerprint density at radius 3 is 3.03 bits per heavy atom. The van der Waals surface area contributed by atoms with Gasteiger partial charge in [-0.15, -0.1) is 16.4 Å². The molecule has 0 spiro atoms. The van der Waals surface area contributed by atoms with Crippen molar-refractivity contribution in [2.24, 2.45) is 0 Å². The summed E-state index contributed by atoms with van der Waals surface area (Å²) >= 11 is 2.68. The third kappa shape index (κ3) is 4.38. The Kier molecular flexibility index (Phi) is 6.00. The summed E-state index contributed by atoms with van der Waals surface area (Å²) in [4.78, 5) is 30.4. The Balaban J connectivity index is 1.43. The highest BCUT2D eigenvalue weighted by atomic mass is 32.2.